The van der Waals surface area contributed by atoms with E-state index in [-0.39, 0.29) is 5.91 Å². The second-order valence-electron chi connectivity index (χ2n) is 4.32. The summed E-state index contributed by atoms with van der Waals surface area (Å²) in [4.78, 5) is 13.7. The van der Waals surface area contributed by atoms with E-state index < -0.39 is 0 Å². The van der Waals surface area contributed by atoms with Crippen LogP contribution in [0, 0.1) is 17.8 Å². The number of amides is 1. The number of nitrogens with one attached hydrogen (secondary N) is 1. The SMILES string of the molecule is CC#CC(=O)N(CCC)CC1CCNCC1. The van der Waals surface area contributed by atoms with Gasteiger partial charge in [0.15, 0.2) is 0 Å². The maximum Gasteiger partial charge on any atom is 0.298 e. The van der Waals surface area contributed by atoms with Gasteiger partial charge in [0.2, 0.25) is 0 Å². The molecule has 16 heavy (non-hydrogen) atoms. The predicted octanol–water partition coefficient (Wildman–Crippen LogP) is 1.25. The molecule has 1 heterocycles. The highest BCUT2D eigenvalue weighted by molar-refractivity contribution is 5.93. The van der Waals surface area contributed by atoms with E-state index in [0.717, 1.165) is 32.6 Å². The van der Waals surface area contributed by atoms with Gasteiger partial charge in [0.05, 0.1) is 0 Å². The van der Waals surface area contributed by atoms with Crippen molar-refractivity contribution in [2.45, 2.75) is 33.1 Å². The fourth-order valence-electron chi connectivity index (χ4n) is 2.11. The molecular formula is C13H22N2O. The van der Waals surface area contributed by atoms with Crippen molar-refractivity contribution in [3.8, 4) is 11.8 Å². The smallest absolute Gasteiger partial charge is 0.298 e. The maximum atomic E-state index is 11.7. The lowest BCUT2D eigenvalue weighted by atomic mass is 9.97. The molecule has 0 bridgehead atoms. The van der Waals surface area contributed by atoms with E-state index in [2.05, 4.69) is 24.1 Å². The normalized spacial score (nSPS) is 16.4. The van der Waals surface area contributed by atoms with Crippen LogP contribution >= 0.6 is 0 Å². The Bertz CT molecular complexity index is 271. The molecule has 1 saturated heterocycles. The lowest BCUT2D eigenvalue weighted by Crippen LogP contribution is -2.39. The summed E-state index contributed by atoms with van der Waals surface area (Å²) < 4.78 is 0. The minimum absolute atomic E-state index is 0.0112. The van der Waals surface area contributed by atoms with Crippen LogP contribution in [0.2, 0.25) is 0 Å². The molecule has 1 fully saturated rings. The number of rotatable bonds is 4. The van der Waals surface area contributed by atoms with Crippen molar-refractivity contribution in [3.63, 3.8) is 0 Å². The minimum atomic E-state index is -0.0112. The van der Waals surface area contributed by atoms with E-state index in [9.17, 15) is 4.79 Å². The zero-order valence-electron chi connectivity index (χ0n) is 10.4. The quantitative estimate of drug-likeness (QED) is 0.726. The Labute approximate surface area is 98.6 Å². The van der Waals surface area contributed by atoms with E-state index in [4.69, 9.17) is 0 Å². The van der Waals surface area contributed by atoms with Gasteiger partial charge >= 0.3 is 0 Å². The molecule has 0 aromatic heterocycles. The van der Waals surface area contributed by atoms with Crippen molar-refractivity contribution >= 4 is 5.91 Å². The van der Waals surface area contributed by atoms with Crippen LogP contribution in [-0.2, 0) is 4.79 Å². The molecule has 3 heteroatoms. The highest BCUT2D eigenvalue weighted by Crippen LogP contribution is 2.13. The highest BCUT2D eigenvalue weighted by Gasteiger charge is 2.18. The van der Waals surface area contributed by atoms with Gasteiger partial charge < -0.3 is 10.2 Å². The average molecular weight is 222 g/mol. The standard InChI is InChI=1S/C13H22N2O/c1-3-5-13(16)15(10-4-2)11-12-6-8-14-9-7-12/h12,14H,4,6-11H2,1-2H3. The molecule has 0 saturated carbocycles. The second-order valence-corrected chi connectivity index (χ2v) is 4.32. The lowest BCUT2D eigenvalue weighted by molar-refractivity contribution is -0.125. The number of piperidine rings is 1. The van der Waals surface area contributed by atoms with Crippen LogP contribution in [0.25, 0.3) is 0 Å². The van der Waals surface area contributed by atoms with Gasteiger partial charge in [-0.05, 0) is 51.1 Å². The van der Waals surface area contributed by atoms with Crippen molar-refractivity contribution in [1.29, 1.82) is 0 Å². The number of hydrogen-bond acceptors (Lipinski definition) is 2. The molecule has 1 aliphatic rings. The predicted molar refractivity (Wildman–Crippen MR) is 65.9 cm³/mol. The van der Waals surface area contributed by atoms with Gasteiger partial charge in [0.25, 0.3) is 5.91 Å². The molecule has 0 atom stereocenters. The summed E-state index contributed by atoms with van der Waals surface area (Å²) in [6.45, 7) is 7.69. The van der Waals surface area contributed by atoms with Crippen LogP contribution in [0.3, 0.4) is 0 Å². The molecule has 0 aromatic rings. The van der Waals surface area contributed by atoms with Crippen LogP contribution < -0.4 is 5.32 Å². The van der Waals surface area contributed by atoms with Crippen LogP contribution in [0.4, 0.5) is 0 Å². The van der Waals surface area contributed by atoms with Crippen LogP contribution in [-0.4, -0.2) is 37.0 Å². The summed E-state index contributed by atoms with van der Waals surface area (Å²) in [5.74, 6) is 5.97. The Morgan fingerprint density at radius 3 is 2.69 bits per heavy atom. The molecule has 0 radical (unpaired) electrons. The van der Waals surface area contributed by atoms with E-state index >= 15 is 0 Å². The van der Waals surface area contributed by atoms with Gasteiger partial charge in [0, 0.05) is 13.1 Å². The maximum absolute atomic E-state index is 11.7. The fourth-order valence-corrected chi connectivity index (χ4v) is 2.11. The van der Waals surface area contributed by atoms with Crippen molar-refractivity contribution in [2.75, 3.05) is 26.2 Å². The molecule has 1 N–H and O–H groups in total. The Morgan fingerprint density at radius 2 is 2.12 bits per heavy atom. The monoisotopic (exact) mass is 222 g/mol. The van der Waals surface area contributed by atoms with Crippen molar-refractivity contribution < 1.29 is 4.79 Å². The third-order valence-electron chi connectivity index (χ3n) is 2.95. The molecule has 0 aromatic carbocycles. The zero-order valence-corrected chi connectivity index (χ0v) is 10.4. The molecule has 3 nitrogen and oxygen atoms in total. The Morgan fingerprint density at radius 1 is 1.44 bits per heavy atom. The van der Waals surface area contributed by atoms with Crippen molar-refractivity contribution in [1.82, 2.24) is 10.2 Å². The summed E-state index contributed by atoms with van der Waals surface area (Å²) in [6, 6.07) is 0. The van der Waals surface area contributed by atoms with Crippen molar-refractivity contribution in [2.24, 2.45) is 5.92 Å². The summed E-state index contributed by atoms with van der Waals surface area (Å²) >= 11 is 0. The van der Waals surface area contributed by atoms with Gasteiger partial charge in [-0.1, -0.05) is 12.8 Å². The largest absolute Gasteiger partial charge is 0.332 e. The van der Waals surface area contributed by atoms with E-state index in [0.29, 0.717) is 5.92 Å². The third kappa shape index (κ3) is 4.24. The fraction of sp³-hybridized carbons (Fsp3) is 0.769. The first-order valence-electron chi connectivity index (χ1n) is 6.20. The summed E-state index contributed by atoms with van der Waals surface area (Å²) in [7, 11) is 0. The first-order valence-corrected chi connectivity index (χ1v) is 6.20. The van der Waals surface area contributed by atoms with Gasteiger partial charge in [-0.2, -0.15) is 0 Å². The lowest BCUT2D eigenvalue weighted by Gasteiger charge is -2.28. The van der Waals surface area contributed by atoms with E-state index in [1.54, 1.807) is 6.92 Å². The average Bonchev–Trinajstić information content (AvgIpc) is 2.30. The Balaban J connectivity index is 2.47. The van der Waals surface area contributed by atoms with Crippen LogP contribution in [0.5, 0.6) is 0 Å². The van der Waals surface area contributed by atoms with Crippen molar-refractivity contribution in [3.05, 3.63) is 0 Å². The van der Waals surface area contributed by atoms with Gasteiger partial charge in [-0.25, -0.2) is 0 Å². The number of hydrogen-bond donors (Lipinski definition) is 1. The van der Waals surface area contributed by atoms with Crippen LogP contribution in [0.15, 0.2) is 0 Å². The molecule has 90 valence electrons. The summed E-state index contributed by atoms with van der Waals surface area (Å²) in [5, 5.41) is 3.34. The highest BCUT2D eigenvalue weighted by atomic mass is 16.2. The van der Waals surface area contributed by atoms with Gasteiger partial charge in [-0.15, -0.1) is 0 Å². The van der Waals surface area contributed by atoms with E-state index in [1.807, 2.05) is 4.90 Å². The summed E-state index contributed by atoms with van der Waals surface area (Å²) in [6.07, 6.45) is 3.35. The first-order chi connectivity index (χ1) is 7.77. The zero-order chi connectivity index (χ0) is 11.8. The first kappa shape index (κ1) is 13.1. The van der Waals surface area contributed by atoms with E-state index in [1.165, 1.54) is 12.8 Å². The third-order valence-corrected chi connectivity index (χ3v) is 2.95. The molecule has 0 spiro atoms. The second kappa shape index (κ2) is 7.29. The van der Waals surface area contributed by atoms with Gasteiger partial charge in [0.1, 0.15) is 0 Å². The summed E-state index contributed by atoms with van der Waals surface area (Å²) in [5.41, 5.74) is 0. The molecule has 0 aliphatic carbocycles. The molecular weight excluding hydrogens is 200 g/mol. The Kier molecular flexibility index (Phi) is 5.95. The number of carbonyl (C=O) groups excluding carboxylic acids is 1. The van der Waals surface area contributed by atoms with Gasteiger partial charge in [-0.3, -0.25) is 4.79 Å². The number of nitrogens with zero attached hydrogens (tertiary/aromatic N) is 1. The molecule has 0 unspecified atom stereocenters. The molecule has 1 rings (SSSR count). The van der Waals surface area contributed by atoms with Crippen LogP contribution in [0.1, 0.15) is 33.1 Å². The molecule has 1 aliphatic heterocycles. The molecule has 1 amide bonds. The topological polar surface area (TPSA) is 32.3 Å². The number of carbonyl (C=O) groups is 1. The Hall–Kier alpha value is -1.01. The minimum Gasteiger partial charge on any atom is -0.332 e.